The van der Waals surface area contributed by atoms with Crippen LogP contribution in [0, 0.1) is 0 Å². The number of nitrogens with zero attached hydrogens (tertiary/aromatic N) is 2. The maximum atomic E-state index is 5.73. The van der Waals surface area contributed by atoms with E-state index < -0.39 is 0 Å². The van der Waals surface area contributed by atoms with Crippen LogP contribution >= 0.6 is 15.9 Å². The van der Waals surface area contributed by atoms with E-state index in [9.17, 15) is 0 Å². The number of benzene rings is 1. The zero-order chi connectivity index (χ0) is 13.8. The van der Waals surface area contributed by atoms with Gasteiger partial charge in [0, 0.05) is 12.6 Å². The molecule has 0 radical (unpaired) electrons. The first-order chi connectivity index (χ1) is 9.79. The van der Waals surface area contributed by atoms with Crippen molar-refractivity contribution in [3.05, 3.63) is 52.6 Å². The molecule has 1 aliphatic heterocycles. The van der Waals surface area contributed by atoms with Gasteiger partial charge in [-0.2, -0.15) is 0 Å². The lowest BCUT2D eigenvalue weighted by molar-refractivity contribution is 0.331. The summed E-state index contributed by atoms with van der Waals surface area (Å²) < 4.78 is 6.51. The molecule has 20 heavy (non-hydrogen) atoms. The third-order valence-corrected chi connectivity index (χ3v) is 3.88. The molecular formula is C16H17BrN2O. The van der Waals surface area contributed by atoms with E-state index in [2.05, 4.69) is 37.9 Å². The molecule has 0 unspecified atom stereocenters. The Labute approximate surface area is 127 Å². The van der Waals surface area contributed by atoms with Gasteiger partial charge in [0.05, 0.1) is 0 Å². The monoisotopic (exact) mass is 332 g/mol. The highest BCUT2D eigenvalue weighted by Crippen LogP contribution is 2.22. The van der Waals surface area contributed by atoms with E-state index >= 15 is 0 Å². The molecule has 1 fully saturated rings. The summed E-state index contributed by atoms with van der Waals surface area (Å²) >= 11 is 3.34. The van der Waals surface area contributed by atoms with Crippen LogP contribution in [-0.4, -0.2) is 23.0 Å². The van der Waals surface area contributed by atoms with Crippen molar-refractivity contribution in [1.29, 1.82) is 0 Å². The molecule has 0 bridgehead atoms. The van der Waals surface area contributed by atoms with Crippen LogP contribution in [0.2, 0.25) is 0 Å². The van der Waals surface area contributed by atoms with Crippen molar-refractivity contribution in [3.8, 4) is 11.6 Å². The zero-order valence-corrected chi connectivity index (χ0v) is 12.8. The second-order valence-corrected chi connectivity index (χ2v) is 5.84. The number of ether oxygens (including phenoxy) is 1. The van der Waals surface area contributed by atoms with Gasteiger partial charge in [-0.25, -0.2) is 4.98 Å². The normalized spacial score (nSPS) is 15.4. The summed E-state index contributed by atoms with van der Waals surface area (Å²) in [4.78, 5) is 6.75. The van der Waals surface area contributed by atoms with Crippen molar-refractivity contribution in [2.75, 3.05) is 13.1 Å². The molecule has 0 N–H and O–H groups in total. The molecule has 0 spiro atoms. The van der Waals surface area contributed by atoms with E-state index in [4.69, 9.17) is 4.74 Å². The second-order valence-electron chi connectivity index (χ2n) is 5.03. The molecule has 104 valence electrons. The highest BCUT2D eigenvalue weighted by atomic mass is 79.9. The van der Waals surface area contributed by atoms with Crippen molar-refractivity contribution in [1.82, 2.24) is 9.88 Å². The topological polar surface area (TPSA) is 25.4 Å². The van der Waals surface area contributed by atoms with E-state index in [1.54, 1.807) is 0 Å². The number of rotatable bonds is 4. The number of halogens is 1. The lowest BCUT2D eigenvalue weighted by atomic mass is 10.2. The number of likely N-dealkylation sites (tertiary alicyclic amines) is 1. The quantitative estimate of drug-likeness (QED) is 0.783. The standard InChI is InChI=1S/C16H17BrN2O/c17-15-4-3-5-16(18-15)20-14-8-6-13(7-9-14)12-19-10-1-2-11-19/h3-9H,1-2,10-12H2. The van der Waals surface area contributed by atoms with Crippen LogP contribution in [0.5, 0.6) is 11.6 Å². The molecule has 1 aromatic heterocycles. The third-order valence-electron chi connectivity index (χ3n) is 3.44. The van der Waals surface area contributed by atoms with Crippen LogP contribution in [0.1, 0.15) is 18.4 Å². The van der Waals surface area contributed by atoms with Crippen LogP contribution < -0.4 is 4.74 Å². The van der Waals surface area contributed by atoms with Crippen molar-refractivity contribution >= 4 is 15.9 Å². The zero-order valence-electron chi connectivity index (χ0n) is 11.3. The number of hydrogen-bond acceptors (Lipinski definition) is 3. The van der Waals surface area contributed by atoms with Crippen LogP contribution in [0.4, 0.5) is 0 Å². The summed E-state index contributed by atoms with van der Waals surface area (Å²) in [6.07, 6.45) is 2.66. The minimum atomic E-state index is 0.603. The Morgan fingerprint density at radius 2 is 1.80 bits per heavy atom. The molecule has 3 nitrogen and oxygen atoms in total. The van der Waals surface area contributed by atoms with Gasteiger partial charge >= 0.3 is 0 Å². The molecule has 2 heterocycles. The summed E-state index contributed by atoms with van der Waals surface area (Å²) in [6.45, 7) is 3.48. The molecule has 0 saturated carbocycles. The lowest BCUT2D eigenvalue weighted by Crippen LogP contribution is -2.18. The molecule has 2 aromatic rings. The van der Waals surface area contributed by atoms with Gasteiger partial charge in [-0.3, -0.25) is 4.90 Å². The predicted molar refractivity (Wildman–Crippen MR) is 83.0 cm³/mol. The Morgan fingerprint density at radius 1 is 1.05 bits per heavy atom. The number of pyridine rings is 1. The fourth-order valence-electron chi connectivity index (χ4n) is 2.43. The Bertz CT molecular complexity index is 565. The minimum Gasteiger partial charge on any atom is -0.439 e. The summed E-state index contributed by atoms with van der Waals surface area (Å²) in [6, 6.07) is 13.9. The van der Waals surface area contributed by atoms with E-state index in [0.29, 0.717) is 5.88 Å². The van der Waals surface area contributed by atoms with Crippen molar-refractivity contribution in [2.45, 2.75) is 19.4 Å². The average molecular weight is 333 g/mol. The van der Waals surface area contributed by atoms with E-state index in [0.717, 1.165) is 16.9 Å². The van der Waals surface area contributed by atoms with E-state index in [1.165, 1.54) is 31.5 Å². The van der Waals surface area contributed by atoms with E-state index in [-0.39, 0.29) is 0 Å². The first-order valence-electron chi connectivity index (χ1n) is 6.91. The first-order valence-corrected chi connectivity index (χ1v) is 7.71. The largest absolute Gasteiger partial charge is 0.439 e. The molecule has 1 aromatic carbocycles. The highest BCUT2D eigenvalue weighted by Gasteiger charge is 2.11. The number of hydrogen-bond donors (Lipinski definition) is 0. The molecule has 0 amide bonds. The Kier molecular flexibility index (Phi) is 4.33. The molecule has 0 atom stereocenters. The van der Waals surface area contributed by atoms with Crippen LogP contribution in [-0.2, 0) is 6.54 Å². The Hall–Kier alpha value is -1.39. The van der Waals surface area contributed by atoms with Crippen LogP contribution in [0.3, 0.4) is 0 Å². The molecule has 0 aliphatic carbocycles. The second kappa shape index (κ2) is 6.37. The minimum absolute atomic E-state index is 0.603. The fourth-order valence-corrected chi connectivity index (χ4v) is 2.76. The Morgan fingerprint density at radius 3 is 2.50 bits per heavy atom. The van der Waals surface area contributed by atoms with Gasteiger partial charge in [0.1, 0.15) is 10.4 Å². The van der Waals surface area contributed by atoms with Gasteiger partial charge in [-0.15, -0.1) is 0 Å². The summed E-state index contributed by atoms with van der Waals surface area (Å²) in [5.74, 6) is 1.42. The smallest absolute Gasteiger partial charge is 0.220 e. The fraction of sp³-hybridized carbons (Fsp3) is 0.312. The van der Waals surface area contributed by atoms with Crippen molar-refractivity contribution in [2.24, 2.45) is 0 Å². The van der Waals surface area contributed by atoms with Gasteiger partial charge in [0.15, 0.2) is 0 Å². The maximum Gasteiger partial charge on any atom is 0.220 e. The first kappa shape index (κ1) is 13.6. The van der Waals surface area contributed by atoms with Gasteiger partial charge in [-0.1, -0.05) is 18.2 Å². The van der Waals surface area contributed by atoms with Gasteiger partial charge in [0.25, 0.3) is 0 Å². The molecule has 4 heteroatoms. The molecule has 3 rings (SSSR count). The SMILES string of the molecule is Brc1cccc(Oc2ccc(CN3CCCC3)cc2)n1. The maximum absolute atomic E-state index is 5.73. The van der Waals surface area contributed by atoms with Crippen molar-refractivity contribution in [3.63, 3.8) is 0 Å². The highest BCUT2D eigenvalue weighted by molar-refractivity contribution is 9.10. The summed E-state index contributed by atoms with van der Waals surface area (Å²) in [5, 5.41) is 0. The van der Waals surface area contributed by atoms with Gasteiger partial charge in [0.2, 0.25) is 5.88 Å². The van der Waals surface area contributed by atoms with Crippen LogP contribution in [0.25, 0.3) is 0 Å². The Balaban J connectivity index is 1.63. The number of aromatic nitrogens is 1. The summed E-state index contributed by atoms with van der Waals surface area (Å²) in [7, 11) is 0. The lowest BCUT2D eigenvalue weighted by Gasteiger charge is -2.14. The van der Waals surface area contributed by atoms with Gasteiger partial charge in [-0.05, 0) is 65.6 Å². The third kappa shape index (κ3) is 3.58. The predicted octanol–water partition coefficient (Wildman–Crippen LogP) is 4.23. The molecule has 1 aliphatic rings. The van der Waals surface area contributed by atoms with Crippen LogP contribution in [0.15, 0.2) is 47.1 Å². The molecule has 1 saturated heterocycles. The molecular weight excluding hydrogens is 316 g/mol. The van der Waals surface area contributed by atoms with Crippen molar-refractivity contribution < 1.29 is 4.74 Å². The van der Waals surface area contributed by atoms with Gasteiger partial charge < -0.3 is 4.74 Å². The summed E-state index contributed by atoms with van der Waals surface area (Å²) in [5.41, 5.74) is 1.33. The van der Waals surface area contributed by atoms with E-state index in [1.807, 2.05) is 30.3 Å². The average Bonchev–Trinajstić information content (AvgIpc) is 2.94.